The van der Waals surface area contributed by atoms with Crippen LogP contribution in [0.3, 0.4) is 0 Å². The molecule has 0 aliphatic heterocycles. The number of unbranched alkanes of at least 4 members (excludes halogenated alkanes) is 15. The molecule has 0 bridgehead atoms. The molecule has 2 unspecified atom stereocenters. The molecule has 0 spiro atoms. The number of benzene rings is 1. The summed E-state index contributed by atoms with van der Waals surface area (Å²) >= 11 is -1.51. The Bertz CT molecular complexity index is 799. The van der Waals surface area contributed by atoms with Crippen molar-refractivity contribution in [2.75, 3.05) is 6.54 Å². The molecule has 1 aliphatic rings. The standard InChI is InChI=1S/C18H38N.C9H13.C7H9Si.Ti/c1-2-3-4-5-6-7-8-9-10-11-12-13-14-15-16-17-18-19;1-6-5-7(2)9(4)8(6)3;1-8-7-5-3-2-4-6-7;/h19H,2-18H2,1H3;6H,1-4H3;2-6,8H,1H3;/q-1;;;+1. The average Bonchev–Trinajstić information content (AvgIpc) is 3.10. The van der Waals surface area contributed by atoms with E-state index in [2.05, 4.69) is 75.3 Å². The van der Waals surface area contributed by atoms with E-state index < -0.39 is 24.0 Å². The van der Waals surface area contributed by atoms with E-state index in [1.807, 2.05) is 3.88 Å². The van der Waals surface area contributed by atoms with E-state index in [4.69, 9.17) is 0 Å². The van der Waals surface area contributed by atoms with Gasteiger partial charge in [-0.15, -0.1) is 0 Å². The molecule has 2 rings (SSSR count). The number of nitrogens with one attached hydrogen (secondary N) is 1. The number of hydrogen-bond donors (Lipinski definition) is 1. The van der Waals surface area contributed by atoms with Crippen molar-refractivity contribution in [1.29, 1.82) is 0 Å². The first kappa shape index (κ1) is 32.8. The van der Waals surface area contributed by atoms with E-state index in [0.29, 0.717) is 5.92 Å². The van der Waals surface area contributed by atoms with Gasteiger partial charge < -0.3 is 0 Å². The normalized spacial score (nSPS) is 16.6. The molecule has 0 fully saturated rings. The van der Waals surface area contributed by atoms with Gasteiger partial charge in [0, 0.05) is 0 Å². The third-order valence-corrected chi connectivity index (χ3v) is 22.2. The van der Waals surface area contributed by atoms with E-state index in [0.717, 1.165) is 0 Å². The van der Waals surface area contributed by atoms with E-state index in [9.17, 15) is 0 Å². The minimum atomic E-state index is -1.51. The van der Waals surface area contributed by atoms with E-state index in [1.165, 1.54) is 109 Å². The van der Waals surface area contributed by atoms with Crippen molar-refractivity contribution in [3.8, 4) is 0 Å². The Morgan fingerprint density at radius 3 is 1.57 bits per heavy atom. The van der Waals surface area contributed by atoms with Crippen molar-refractivity contribution in [3.05, 3.63) is 50.9 Å². The van der Waals surface area contributed by atoms with Gasteiger partial charge in [-0.05, 0) is 0 Å². The molecule has 1 aromatic carbocycles. The predicted molar refractivity (Wildman–Crippen MR) is 167 cm³/mol. The zero-order valence-electron chi connectivity index (χ0n) is 25.6. The molecule has 0 aromatic heterocycles. The Hall–Kier alpha value is -0.409. The monoisotopic (exact) mass is 558 g/mol. The quantitative estimate of drug-likeness (QED) is 0.117. The fourth-order valence-electron chi connectivity index (χ4n) is 6.09. The summed E-state index contributed by atoms with van der Waals surface area (Å²) in [5.74, 6) is 0.659. The average molecular weight is 559 g/mol. The Labute approximate surface area is 239 Å². The Kier molecular flexibility index (Phi) is 17.4. The first-order valence-electron chi connectivity index (χ1n) is 16.0. The van der Waals surface area contributed by atoms with Crippen LogP contribution in [0, 0.1) is 5.92 Å². The molecule has 1 nitrogen and oxygen atoms in total. The molecule has 3 heteroatoms. The first-order valence-corrected chi connectivity index (χ1v) is 22.6. The van der Waals surface area contributed by atoms with Crippen LogP contribution in [-0.4, -0.2) is 13.2 Å². The van der Waals surface area contributed by atoms with Gasteiger partial charge in [0.05, 0.1) is 0 Å². The molecule has 209 valence electrons. The summed E-state index contributed by atoms with van der Waals surface area (Å²) in [6, 6.07) is 11.5. The van der Waals surface area contributed by atoms with Crippen LogP contribution < -0.4 is 8.99 Å². The van der Waals surface area contributed by atoms with Gasteiger partial charge in [0.15, 0.2) is 0 Å². The predicted octanol–water partition coefficient (Wildman–Crippen LogP) is 9.89. The number of hydrogen-bond acceptors (Lipinski definition) is 1. The molecule has 2 atom stereocenters. The summed E-state index contributed by atoms with van der Waals surface area (Å²) in [5, 5.41) is 1.66. The molecule has 0 radical (unpaired) electrons. The molecule has 1 aromatic rings. The van der Waals surface area contributed by atoms with Crippen molar-refractivity contribution in [1.82, 2.24) is 3.80 Å². The molecule has 0 saturated heterocycles. The second kappa shape index (κ2) is 19.6. The summed E-state index contributed by atoms with van der Waals surface area (Å²) in [6.45, 7) is 14.8. The maximum absolute atomic E-state index is 4.26. The first-order chi connectivity index (χ1) is 18.0. The van der Waals surface area contributed by atoms with Gasteiger partial charge in [0.1, 0.15) is 0 Å². The van der Waals surface area contributed by atoms with Crippen LogP contribution in [-0.2, 0) is 17.4 Å². The van der Waals surface area contributed by atoms with Gasteiger partial charge in [0.2, 0.25) is 0 Å². The van der Waals surface area contributed by atoms with Crippen molar-refractivity contribution in [2.24, 2.45) is 5.92 Å². The van der Waals surface area contributed by atoms with Crippen LogP contribution >= 0.6 is 0 Å². The topological polar surface area (TPSA) is 12.0 Å². The van der Waals surface area contributed by atoms with Crippen LogP contribution in [0.4, 0.5) is 0 Å². The van der Waals surface area contributed by atoms with Crippen molar-refractivity contribution >= 4 is 11.8 Å². The zero-order valence-corrected chi connectivity index (χ0v) is 28.3. The second-order valence-electron chi connectivity index (χ2n) is 11.8. The Morgan fingerprint density at radius 1 is 0.676 bits per heavy atom. The van der Waals surface area contributed by atoms with Gasteiger partial charge in [-0.2, -0.15) is 0 Å². The number of allylic oxidation sites excluding steroid dienone is 4. The fourth-order valence-corrected chi connectivity index (χ4v) is 19.6. The third kappa shape index (κ3) is 11.7. The Balaban J connectivity index is 1.61. The van der Waals surface area contributed by atoms with Gasteiger partial charge in [0.25, 0.3) is 0 Å². The summed E-state index contributed by atoms with van der Waals surface area (Å²) in [6.07, 6.45) is 23.1. The molecule has 0 heterocycles. The van der Waals surface area contributed by atoms with Crippen molar-refractivity contribution in [2.45, 2.75) is 144 Å². The fraction of sp³-hybridized carbons (Fsp3) is 0.706. The van der Waals surface area contributed by atoms with Gasteiger partial charge >= 0.3 is 195 Å². The summed E-state index contributed by atoms with van der Waals surface area (Å²) < 4.78 is 6.11. The van der Waals surface area contributed by atoms with Gasteiger partial charge in [-0.1, -0.05) is 45.4 Å². The third-order valence-electron chi connectivity index (χ3n) is 9.01. The van der Waals surface area contributed by atoms with Gasteiger partial charge in [-0.25, -0.2) is 0 Å². The van der Waals surface area contributed by atoms with Crippen molar-refractivity contribution in [3.63, 3.8) is 0 Å². The number of rotatable bonds is 21. The molecule has 1 N–H and O–H groups in total. The van der Waals surface area contributed by atoms with Crippen molar-refractivity contribution < 1.29 is 17.4 Å². The summed E-state index contributed by atoms with van der Waals surface area (Å²) in [7, 11) is 0. The summed E-state index contributed by atoms with van der Waals surface area (Å²) in [5.41, 5.74) is 4.83. The molecular formula is C34H60NSiTi. The van der Waals surface area contributed by atoms with Crippen LogP contribution in [0.5, 0.6) is 0 Å². The van der Waals surface area contributed by atoms with E-state index in [-0.39, 0.29) is 0 Å². The molecule has 0 saturated carbocycles. The van der Waals surface area contributed by atoms with E-state index >= 15 is 0 Å². The summed E-state index contributed by atoms with van der Waals surface area (Å²) in [4.78, 5) is 0. The maximum atomic E-state index is 4.26. The Morgan fingerprint density at radius 2 is 1.14 bits per heavy atom. The minimum absolute atomic E-state index is 0.659. The molecular weight excluding hydrogens is 498 g/mol. The van der Waals surface area contributed by atoms with Crippen LogP contribution in [0.2, 0.25) is 6.55 Å². The molecule has 37 heavy (non-hydrogen) atoms. The molecule has 0 amide bonds. The zero-order chi connectivity index (χ0) is 26.9. The van der Waals surface area contributed by atoms with Crippen LogP contribution in [0.1, 0.15) is 137 Å². The van der Waals surface area contributed by atoms with Crippen LogP contribution in [0.25, 0.3) is 0 Å². The van der Waals surface area contributed by atoms with Gasteiger partial charge in [-0.3, -0.25) is 0 Å². The van der Waals surface area contributed by atoms with Crippen LogP contribution in [0.15, 0.2) is 50.9 Å². The van der Waals surface area contributed by atoms with E-state index in [1.54, 1.807) is 21.9 Å². The SMILES string of the molecule is CCCCCCCCCCCCCCCCCC[NH][Ti]([C]1=C(C)C(C)=C(C)C1C)[SiH](C)c1ccccc1. The second-order valence-corrected chi connectivity index (χ2v) is 23.1. The molecule has 1 aliphatic carbocycles.